The maximum atomic E-state index is 13.2. The minimum absolute atomic E-state index is 0.0349. The number of aromatic nitrogens is 3. The van der Waals surface area contributed by atoms with E-state index in [1.165, 1.54) is 11.8 Å². The molecule has 9 heteroatoms. The van der Waals surface area contributed by atoms with Gasteiger partial charge in [0.2, 0.25) is 5.91 Å². The van der Waals surface area contributed by atoms with Gasteiger partial charge in [0, 0.05) is 16.6 Å². The number of rotatable bonds is 8. The van der Waals surface area contributed by atoms with Crippen LogP contribution < -0.4 is 5.32 Å². The first-order valence-corrected chi connectivity index (χ1v) is 12.1. The number of halogens is 2. The minimum atomic E-state index is -0.472. The third-order valence-electron chi connectivity index (χ3n) is 5.27. The molecule has 168 valence electrons. The van der Waals surface area contributed by atoms with Crippen molar-refractivity contribution in [3.63, 3.8) is 0 Å². The number of nitrogens with zero attached hydrogens (tertiary/aromatic N) is 3. The van der Waals surface area contributed by atoms with Crippen LogP contribution in [-0.4, -0.2) is 26.7 Å². The summed E-state index contributed by atoms with van der Waals surface area (Å²) in [4.78, 5) is 13.2. The molecule has 1 atom stereocenters. The van der Waals surface area contributed by atoms with Gasteiger partial charge in [-0.05, 0) is 48.7 Å². The second-order valence-corrected chi connectivity index (χ2v) is 9.70. The molecular weight excluding hydrogens is 479 g/mol. The van der Waals surface area contributed by atoms with Crippen LogP contribution in [0.3, 0.4) is 0 Å². The summed E-state index contributed by atoms with van der Waals surface area (Å²) in [5.74, 6) is 1.28. The molecule has 1 aliphatic carbocycles. The van der Waals surface area contributed by atoms with E-state index in [-0.39, 0.29) is 11.9 Å². The fraction of sp³-hybridized carbons (Fsp3) is 0.208. The number of benzene rings is 2. The van der Waals surface area contributed by atoms with Crippen LogP contribution in [0.15, 0.2) is 76.5 Å². The fourth-order valence-corrected chi connectivity index (χ4v) is 5.00. The van der Waals surface area contributed by atoms with Gasteiger partial charge < -0.3 is 9.73 Å². The zero-order valence-corrected chi connectivity index (χ0v) is 19.8. The quantitative estimate of drug-likeness (QED) is 0.301. The molecular formula is C24H20Cl2N4O2S. The Bertz CT molecular complexity index is 1260. The van der Waals surface area contributed by atoms with Gasteiger partial charge in [-0.1, -0.05) is 65.3 Å². The van der Waals surface area contributed by atoms with Crippen molar-refractivity contribution >= 4 is 40.9 Å². The van der Waals surface area contributed by atoms with Crippen molar-refractivity contribution in [1.29, 1.82) is 0 Å². The highest BCUT2D eigenvalue weighted by atomic mass is 35.5. The summed E-state index contributed by atoms with van der Waals surface area (Å²) in [6.45, 7) is 0.391. The number of carbonyl (C=O) groups is 1. The molecule has 0 unspecified atom stereocenters. The monoisotopic (exact) mass is 498 g/mol. The van der Waals surface area contributed by atoms with E-state index in [1.807, 2.05) is 53.1 Å². The van der Waals surface area contributed by atoms with E-state index in [0.717, 1.165) is 24.2 Å². The van der Waals surface area contributed by atoms with Crippen molar-refractivity contribution < 1.29 is 9.21 Å². The minimum Gasteiger partial charge on any atom is -0.467 e. The Hall–Kier alpha value is -2.74. The summed E-state index contributed by atoms with van der Waals surface area (Å²) in [5.41, 5.74) is 1.60. The highest BCUT2D eigenvalue weighted by Gasteiger charge is 2.31. The molecule has 0 bridgehead atoms. The Morgan fingerprint density at radius 3 is 2.64 bits per heavy atom. The third kappa shape index (κ3) is 5.11. The van der Waals surface area contributed by atoms with Crippen LogP contribution in [0.5, 0.6) is 0 Å². The van der Waals surface area contributed by atoms with E-state index in [4.69, 9.17) is 27.6 Å². The third-order valence-corrected chi connectivity index (χ3v) is 7.05. The van der Waals surface area contributed by atoms with Crippen molar-refractivity contribution in [2.24, 2.45) is 0 Å². The molecule has 2 heterocycles. The molecule has 2 aromatic carbocycles. The summed E-state index contributed by atoms with van der Waals surface area (Å²) >= 11 is 13.9. The van der Waals surface area contributed by atoms with Crippen molar-refractivity contribution in [2.75, 3.05) is 0 Å². The second-order valence-electron chi connectivity index (χ2n) is 7.79. The molecule has 0 aliphatic heterocycles. The summed E-state index contributed by atoms with van der Waals surface area (Å²) in [7, 11) is 0. The lowest BCUT2D eigenvalue weighted by molar-refractivity contribution is -0.120. The van der Waals surface area contributed by atoms with E-state index in [9.17, 15) is 4.79 Å². The van der Waals surface area contributed by atoms with Gasteiger partial charge in [-0.15, -0.1) is 10.2 Å². The lowest BCUT2D eigenvalue weighted by Crippen LogP contribution is -2.30. The van der Waals surface area contributed by atoms with Gasteiger partial charge in [-0.3, -0.25) is 9.36 Å². The SMILES string of the molecule is O=C(NC1CC1)[C@H](Sc1nnc(-c2ccc(Cl)cc2Cl)n1Cc1ccco1)c1ccccc1. The molecule has 0 spiro atoms. The highest BCUT2D eigenvalue weighted by molar-refractivity contribution is 8.00. The van der Waals surface area contributed by atoms with Gasteiger partial charge in [-0.25, -0.2) is 0 Å². The molecule has 1 N–H and O–H groups in total. The molecule has 1 fully saturated rings. The Balaban J connectivity index is 1.54. The average Bonchev–Trinajstić information content (AvgIpc) is 3.31. The molecule has 0 saturated heterocycles. The lowest BCUT2D eigenvalue weighted by Gasteiger charge is -2.17. The Labute approximate surface area is 205 Å². The van der Waals surface area contributed by atoms with Crippen molar-refractivity contribution in [2.45, 2.75) is 35.8 Å². The van der Waals surface area contributed by atoms with Gasteiger partial charge in [0.1, 0.15) is 11.0 Å². The topological polar surface area (TPSA) is 73.0 Å². The van der Waals surface area contributed by atoms with Gasteiger partial charge >= 0.3 is 0 Å². The number of hydrogen-bond acceptors (Lipinski definition) is 5. The van der Waals surface area contributed by atoms with Crippen LogP contribution >= 0.6 is 35.0 Å². The summed E-state index contributed by atoms with van der Waals surface area (Å²) in [6.07, 6.45) is 3.66. The van der Waals surface area contributed by atoms with E-state index < -0.39 is 5.25 Å². The molecule has 2 aromatic heterocycles. The number of thioether (sulfide) groups is 1. The molecule has 6 nitrogen and oxygen atoms in total. The van der Waals surface area contributed by atoms with Gasteiger partial charge in [0.05, 0.1) is 17.8 Å². The first-order valence-electron chi connectivity index (χ1n) is 10.5. The molecule has 0 radical (unpaired) electrons. The van der Waals surface area contributed by atoms with Crippen LogP contribution in [0.25, 0.3) is 11.4 Å². The normalized spacial score (nSPS) is 14.2. The molecule has 5 rings (SSSR count). The second kappa shape index (κ2) is 9.63. The van der Waals surface area contributed by atoms with Crippen LogP contribution in [0.1, 0.15) is 29.4 Å². The maximum Gasteiger partial charge on any atom is 0.238 e. The van der Waals surface area contributed by atoms with Crippen molar-refractivity contribution in [3.05, 3.63) is 88.3 Å². The first-order chi connectivity index (χ1) is 16.1. The van der Waals surface area contributed by atoms with Gasteiger partial charge in [0.15, 0.2) is 11.0 Å². The molecule has 33 heavy (non-hydrogen) atoms. The fourth-order valence-electron chi connectivity index (χ4n) is 3.46. The smallest absolute Gasteiger partial charge is 0.238 e. The largest absolute Gasteiger partial charge is 0.467 e. The first kappa shape index (κ1) is 22.1. The molecule has 1 aliphatic rings. The van der Waals surface area contributed by atoms with Crippen LogP contribution in [0.2, 0.25) is 10.0 Å². The summed E-state index contributed by atoms with van der Waals surface area (Å²) in [6, 6.07) is 18.9. The van der Waals surface area contributed by atoms with Crippen molar-refractivity contribution in [3.8, 4) is 11.4 Å². The number of furan rings is 1. The summed E-state index contributed by atoms with van der Waals surface area (Å²) < 4.78 is 7.50. The molecule has 1 saturated carbocycles. The summed E-state index contributed by atoms with van der Waals surface area (Å²) in [5, 5.41) is 13.1. The average molecular weight is 499 g/mol. The molecule has 1 amide bonds. The Kier molecular flexibility index (Phi) is 6.44. The molecule has 4 aromatic rings. The maximum absolute atomic E-state index is 13.2. The van der Waals surface area contributed by atoms with E-state index in [1.54, 1.807) is 18.4 Å². The van der Waals surface area contributed by atoms with Crippen LogP contribution in [0.4, 0.5) is 0 Å². The predicted octanol–water partition coefficient (Wildman–Crippen LogP) is 6.01. The van der Waals surface area contributed by atoms with Crippen LogP contribution in [0, 0.1) is 0 Å². The van der Waals surface area contributed by atoms with E-state index >= 15 is 0 Å². The number of amides is 1. The Morgan fingerprint density at radius 2 is 1.94 bits per heavy atom. The standard InChI is InChI=1S/C24H20Cl2N4O2S/c25-16-8-11-19(20(26)13-16)22-28-29-24(30(22)14-18-7-4-12-32-18)33-21(15-5-2-1-3-6-15)23(31)27-17-9-10-17/h1-8,11-13,17,21H,9-10,14H2,(H,27,31)/t21-/m1/s1. The predicted molar refractivity (Wildman–Crippen MR) is 129 cm³/mol. The lowest BCUT2D eigenvalue weighted by atomic mass is 10.1. The van der Waals surface area contributed by atoms with Crippen molar-refractivity contribution in [1.82, 2.24) is 20.1 Å². The Morgan fingerprint density at radius 1 is 1.12 bits per heavy atom. The zero-order chi connectivity index (χ0) is 22.8. The zero-order valence-electron chi connectivity index (χ0n) is 17.4. The number of carbonyl (C=O) groups excluding carboxylic acids is 1. The van der Waals surface area contributed by atoms with E-state index in [0.29, 0.717) is 33.1 Å². The van der Waals surface area contributed by atoms with E-state index in [2.05, 4.69) is 15.5 Å². The van der Waals surface area contributed by atoms with Gasteiger partial charge in [-0.2, -0.15) is 0 Å². The number of hydrogen-bond donors (Lipinski definition) is 1. The van der Waals surface area contributed by atoms with Crippen LogP contribution in [-0.2, 0) is 11.3 Å². The highest BCUT2D eigenvalue weighted by Crippen LogP contribution is 2.38. The number of nitrogens with one attached hydrogen (secondary N) is 1. The van der Waals surface area contributed by atoms with Gasteiger partial charge in [0.25, 0.3) is 0 Å².